The summed E-state index contributed by atoms with van der Waals surface area (Å²) in [6.45, 7) is 4.10. The minimum Gasteiger partial charge on any atom is -0.467 e. The van der Waals surface area contributed by atoms with Crippen molar-refractivity contribution in [3.05, 3.63) is 64.1 Å². The number of furan rings is 1. The van der Waals surface area contributed by atoms with E-state index < -0.39 is 16.6 Å². The molecular formula is C15H18N2O4. The summed E-state index contributed by atoms with van der Waals surface area (Å²) in [5.74, 6) is 0.478. The second-order valence-corrected chi connectivity index (χ2v) is 5.42. The molecule has 0 fully saturated rings. The topological polar surface area (TPSA) is 88.5 Å². The van der Waals surface area contributed by atoms with E-state index in [-0.39, 0.29) is 5.69 Å². The second kappa shape index (κ2) is 6.07. The van der Waals surface area contributed by atoms with Crippen LogP contribution in [0.15, 0.2) is 47.1 Å². The Morgan fingerprint density at radius 2 is 2.14 bits per heavy atom. The molecule has 6 heteroatoms. The summed E-state index contributed by atoms with van der Waals surface area (Å²) in [5.41, 5.74) is 0.199. The maximum absolute atomic E-state index is 10.8. The largest absolute Gasteiger partial charge is 0.467 e. The molecule has 0 radical (unpaired) electrons. The third-order valence-corrected chi connectivity index (χ3v) is 3.37. The van der Waals surface area contributed by atoms with E-state index in [1.54, 1.807) is 24.3 Å². The van der Waals surface area contributed by atoms with Crippen molar-refractivity contribution in [2.24, 2.45) is 0 Å². The molecule has 0 spiro atoms. The predicted molar refractivity (Wildman–Crippen MR) is 77.7 cm³/mol. The van der Waals surface area contributed by atoms with Gasteiger partial charge in [0, 0.05) is 24.2 Å². The summed E-state index contributed by atoms with van der Waals surface area (Å²) in [4.78, 5) is 10.3. The van der Waals surface area contributed by atoms with Gasteiger partial charge < -0.3 is 14.8 Å². The fourth-order valence-corrected chi connectivity index (χ4v) is 2.01. The number of aliphatic hydroxyl groups is 1. The highest BCUT2D eigenvalue weighted by molar-refractivity contribution is 5.34. The molecule has 0 saturated heterocycles. The van der Waals surface area contributed by atoms with Crippen LogP contribution < -0.4 is 5.32 Å². The SMILES string of the molecule is CC(C)(NCc1cccc([N+](=O)[O-])c1)[C@H](O)c1ccco1. The number of nitrogens with one attached hydrogen (secondary N) is 1. The summed E-state index contributed by atoms with van der Waals surface area (Å²) in [5, 5.41) is 24.2. The quantitative estimate of drug-likeness (QED) is 0.631. The van der Waals surface area contributed by atoms with Crippen LogP contribution in [0.4, 0.5) is 5.69 Å². The van der Waals surface area contributed by atoms with Gasteiger partial charge in [-0.15, -0.1) is 0 Å². The number of nitro groups is 1. The van der Waals surface area contributed by atoms with Gasteiger partial charge in [-0.25, -0.2) is 0 Å². The molecule has 0 unspecified atom stereocenters. The lowest BCUT2D eigenvalue weighted by atomic mass is 9.95. The van der Waals surface area contributed by atoms with Crippen LogP contribution in [0.1, 0.15) is 31.3 Å². The highest BCUT2D eigenvalue weighted by Crippen LogP contribution is 2.26. The summed E-state index contributed by atoms with van der Waals surface area (Å²) in [6.07, 6.45) is 0.695. The Bertz CT molecular complexity index is 608. The molecule has 0 bridgehead atoms. The first-order chi connectivity index (χ1) is 9.90. The number of aliphatic hydroxyl groups excluding tert-OH is 1. The number of non-ortho nitro benzene ring substituents is 1. The van der Waals surface area contributed by atoms with Crippen molar-refractivity contribution in [1.82, 2.24) is 5.32 Å². The average Bonchev–Trinajstić information content (AvgIpc) is 2.98. The van der Waals surface area contributed by atoms with Crippen molar-refractivity contribution in [3.8, 4) is 0 Å². The van der Waals surface area contributed by atoms with Gasteiger partial charge in [-0.05, 0) is 31.5 Å². The Hall–Kier alpha value is -2.18. The summed E-state index contributed by atoms with van der Waals surface area (Å²) < 4.78 is 5.20. The molecule has 0 aliphatic rings. The van der Waals surface area contributed by atoms with E-state index in [2.05, 4.69) is 5.32 Å². The molecule has 1 heterocycles. The summed E-state index contributed by atoms with van der Waals surface area (Å²) in [6, 6.07) is 9.84. The first-order valence-electron chi connectivity index (χ1n) is 6.60. The van der Waals surface area contributed by atoms with Gasteiger partial charge in [-0.2, -0.15) is 0 Å². The van der Waals surface area contributed by atoms with E-state index in [1.165, 1.54) is 18.4 Å². The maximum Gasteiger partial charge on any atom is 0.269 e. The van der Waals surface area contributed by atoms with Crippen LogP contribution in [0.2, 0.25) is 0 Å². The number of hydrogen-bond acceptors (Lipinski definition) is 5. The molecule has 0 saturated carbocycles. The molecule has 112 valence electrons. The van der Waals surface area contributed by atoms with Crippen molar-refractivity contribution < 1.29 is 14.4 Å². The molecule has 2 N–H and O–H groups in total. The Morgan fingerprint density at radius 3 is 2.76 bits per heavy atom. The summed E-state index contributed by atoms with van der Waals surface area (Å²) >= 11 is 0. The lowest BCUT2D eigenvalue weighted by Gasteiger charge is -2.30. The number of nitrogens with zero attached hydrogens (tertiary/aromatic N) is 1. The van der Waals surface area contributed by atoms with Crippen molar-refractivity contribution >= 4 is 5.69 Å². The van der Waals surface area contributed by atoms with Gasteiger partial charge in [0.25, 0.3) is 5.69 Å². The fourth-order valence-electron chi connectivity index (χ4n) is 2.01. The average molecular weight is 290 g/mol. The van der Waals surface area contributed by atoms with E-state index in [1.807, 2.05) is 13.8 Å². The molecular weight excluding hydrogens is 272 g/mol. The Balaban J connectivity index is 2.04. The maximum atomic E-state index is 10.8. The minimum absolute atomic E-state index is 0.0543. The Kier molecular flexibility index (Phi) is 4.40. The van der Waals surface area contributed by atoms with Crippen molar-refractivity contribution in [3.63, 3.8) is 0 Å². The van der Waals surface area contributed by atoms with Crippen LogP contribution in [0, 0.1) is 10.1 Å². The third-order valence-electron chi connectivity index (χ3n) is 3.37. The first-order valence-corrected chi connectivity index (χ1v) is 6.60. The highest BCUT2D eigenvalue weighted by atomic mass is 16.6. The number of rotatable bonds is 6. The van der Waals surface area contributed by atoms with Crippen molar-refractivity contribution in [1.29, 1.82) is 0 Å². The van der Waals surface area contributed by atoms with Gasteiger partial charge in [0.1, 0.15) is 11.9 Å². The lowest BCUT2D eigenvalue weighted by molar-refractivity contribution is -0.384. The van der Waals surface area contributed by atoms with Crippen LogP contribution in [-0.4, -0.2) is 15.6 Å². The fraction of sp³-hybridized carbons (Fsp3) is 0.333. The molecule has 0 aliphatic carbocycles. The van der Waals surface area contributed by atoms with Crippen molar-refractivity contribution in [2.75, 3.05) is 0 Å². The van der Waals surface area contributed by atoms with Crippen LogP contribution >= 0.6 is 0 Å². The predicted octanol–water partition coefficient (Wildman–Crippen LogP) is 2.79. The molecule has 6 nitrogen and oxygen atoms in total. The second-order valence-electron chi connectivity index (χ2n) is 5.42. The zero-order chi connectivity index (χ0) is 15.5. The van der Waals surface area contributed by atoms with Crippen LogP contribution in [0.5, 0.6) is 0 Å². The molecule has 2 rings (SSSR count). The highest BCUT2D eigenvalue weighted by Gasteiger charge is 2.30. The number of hydrogen-bond donors (Lipinski definition) is 2. The number of benzene rings is 1. The zero-order valence-electron chi connectivity index (χ0n) is 11.9. The van der Waals surface area contributed by atoms with E-state index in [0.717, 1.165) is 5.56 Å². The van der Waals surface area contributed by atoms with Crippen LogP contribution in [0.3, 0.4) is 0 Å². The standard InChI is InChI=1S/C15H18N2O4/c1-15(2,14(18)13-7-4-8-21-13)16-10-11-5-3-6-12(9-11)17(19)20/h3-9,14,16,18H,10H2,1-2H3/t14-/m1/s1. The van der Waals surface area contributed by atoms with Gasteiger partial charge in [0.15, 0.2) is 0 Å². The van der Waals surface area contributed by atoms with Crippen LogP contribution in [-0.2, 0) is 6.54 Å². The monoisotopic (exact) mass is 290 g/mol. The molecule has 1 atom stereocenters. The van der Waals surface area contributed by atoms with E-state index in [0.29, 0.717) is 12.3 Å². The van der Waals surface area contributed by atoms with Crippen molar-refractivity contribution in [2.45, 2.75) is 32.0 Å². The Morgan fingerprint density at radius 1 is 1.38 bits per heavy atom. The molecule has 21 heavy (non-hydrogen) atoms. The molecule has 1 aromatic carbocycles. The first kappa shape index (κ1) is 15.2. The van der Waals surface area contributed by atoms with Gasteiger partial charge in [-0.1, -0.05) is 12.1 Å². The van der Waals surface area contributed by atoms with Gasteiger partial charge in [0.2, 0.25) is 0 Å². The zero-order valence-corrected chi connectivity index (χ0v) is 11.9. The number of nitro benzene ring substituents is 1. The lowest BCUT2D eigenvalue weighted by Crippen LogP contribution is -2.44. The normalized spacial score (nSPS) is 13.1. The molecule has 0 aliphatic heterocycles. The summed E-state index contributed by atoms with van der Waals surface area (Å²) in [7, 11) is 0. The molecule has 0 amide bonds. The van der Waals surface area contributed by atoms with E-state index >= 15 is 0 Å². The van der Waals surface area contributed by atoms with E-state index in [4.69, 9.17) is 4.42 Å². The smallest absolute Gasteiger partial charge is 0.269 e. The van der Waals surface area contributed by atoms with Gasteiger partial charge in [0.05, 0.1) is 11.2 Å². The molecule has 2 aromatic rings. The van der Waals surface area contributed by atoms with E-state index in [9.17, 15) is 15.2 Å². The third kappa shape index (κ3) is 3.68. The Labute approximate surface area is 122 Å². The van der Waals surface area contributed by atoms with Gasteiger partial charge >= 0.3 is 0 Å². The van der Waals surface area contributed by atoms with Crippen LogP contribution in [0.25, 0.3) is 0 Å². The molecule has 1 aromatic heterocycles. The van der Waals surface area contributed by atoms with Gasteiger partial charge in [-0.3, -0.25) is 10.1 Å². The minimum atomic E-state index is -0.814.